The van der Waals surface area contributed by atoms with E-state index in [-0.39, 0.29) is 10.8 Å². The summed E-state index contributed by atoms with van der Waals surface area (Å²) in [7, 11) is -2.23. The monoisotopic (exact) mass is 432 g/mol. The minimum atomic E-state index is -3.75. The summed E-state index contributed by atoms with van der Waals surface area (Å²) >= 11 is 3.32. The quantitative estimate of drug-likeness (QED) is 0.719. The van der Waals surface area contributed by atoms with Gasteiger partial charge in [0, 0.05) is 19.6 Å². The topological polar surface area (TPSA) is 76.2 Å². The summed E-state index contributed by atoms with van der Waals surface area (Å²) in [6.45, 7) is 2.37. The van der Waals surface area contributed by atoms with E-state index in [1.54, 1.807) is 11.0 Å². The van der Waals surface area contributed by atoms with E-state index >= 15 is 0 Å². The Hall–Kier alpha value is -1.16. The van der Waals surface area contributed by atoms with Crippen LogP contribution in [0.5, 0.6) is 5.75 Å². The van der Waals surface area contributed by atoms with E-state index in [9.17, 15) is 13.2 Å². The molecule has 0 saturated carbocycles. The molecule has 2 aliphatic rings. The van der Waals surface area contributed by atoms with Crippen molar-refractivity contribution in [1.82, 2.24) is 9.21 Å². The third kappa shape index (κ3) is 3.69. The van der Waals surface area contributed by atoms with Crippen LogP contribution in [0.25, 0.3) is 0 Å². The van der Waals surface area contributed by atoms with Gasteiger partial charge in [-0.05, 0) is 47.0 Å². The van der Waals surface area contributed by atoms with Crippen LogP contribution in [0, 0.1) is 0 Å². The number of nitrogens with zero attached hydrogens (tertiary/aromatic N) is 2. The first kappa shape index (κ1) is 18.6. The first-order valence-electron chi connectivity index (χ1n) is 8.17. The predicted molar refractivity (Wildman–Crippen MR) is 95.0 cm³/mol. The van der Waals surface area contributed by atoms with Crippen molar-refractivity contribution in [2.75, 3.05) is 40.0 Å². The number of carbonyl (C=O) groups is 1. The lowest BCUT2D eigenvalue weighted by Gasteiger charge is -2.32. The number of carbonyl (C=O) groups excluding carboxylic acids is 1. The minimum Gasteiger partial charge on any atom is -0.496 e. The summed E-state index contributed by atoms with van der Waals surface area (Å²) in [6.07, 6.45) is 1.23. The number of rotatable bonds is 4. The summed E-state index contributed by atoms with van der Waals surface area (Å²) in [6, 6.07) is 3.99. The maximum absolute atomic E-state index is 13.1. The molecule has 1 amide bonds. The highest BCUT2D eigenvalue weighted by Crippen LogP contribution is 2.32. The molecule has 0 spiro atoms. The summed E-state index contributed by atoms with van der Waals surface area (Å²) in [5.41, 5.74) is 0. The first-order chi connectivity index (χ1) is 11.9. The lowest BCUT2D eigenvalue weighted by molar-refractivity contribution is -0.138. The minimum absolute atomic E-state index is 0.128. The number of methoxy groups -OCH3 is 1. The van der Waals surface area contributed by atoms with E-state index in [1.165, 1.54) is 23.5 Å². The van der Waals surface area contributed by atoms with Gasteiger partial charge < -0.3 is 14.4 Å². The van der Waals surface area contributed by atoms with Crippen LogP contribution in [0.1, 0.15) is 12.8 Å². The van der Waals surface area contributed by atoms with Crippen molar-refractivity contribution >= 4 is 31.9 Å². The average Bonchev–Trinajstić information content (AvgIpc) is 3.12. The van der Waals surface area contributed by atoms with Gasteiger partial charge in [-0.15, -0.1) is 0 Å². The van der Waals surface area contributed by atoms with E-state index in [2.05, 4.69) is 15.9 Å². The highest BCUT2D eigenvalue weighted by atomic mass is 79.9. The fourth-order valence-corrected chi connectivity index (χ4v) is 5.58. The Kier molecular flexibility index (Phi) is 5.67. The van der Waals surface area contributed by atoms with Crippen LogP contribution in [0.15, 0.2) is 27.6 Å². The molecule has 2 saturated heterocycles. The number of sulfonamides is 1. The lowest BCUT2D eigenvalue weighted by atomic mass is 10.2. The van der Waals surface area contributed by atoms with Gasteiger partial charge in [0.1, 0.15) is 11.8 Å². The summed E-state index contributed by atoms with van der Waals surface area (Å²) in [4.78, 5) is 14.6. The van der Waals surface area contributed by atoms with Crippen LogP contribution in [0.4, 0.5) is 0 Å². The molecule has 1 atom stereocenters. The van der Waals surface area contributed by atoms with Crippen LogP contribution in [0.2, 0.25) is 0 Å². The van der Waals surface area contributed by atoms with Gasteiger partial charge in [0.25, 0.3) is 0 Å². The van der Waals surface area contributed by atoms with Gasteiger partial charge in [0.2, 0.25) is 15.9 Å². The number of ether oxygens (including phenoxy) is 2. The molecule has 1 aromatic carbocycles. The van der Waals surface area contributed by atoms with E-state index in [4.69, 9.17) is 9.47 Å². The zero-order chi connectivity index (χ0) is 18.0. The molecule has 2 aliphatic heterocycles. The van der Waals surface area contributed by atoms with Crippen molar-refractivity contribution in [3.63, 3.8) is 0 Å². The van der Waals surface area contributed by atoms with Crippen LogP contribution in [-0.2, 0) is 19.6 Å². The van der Waals surface area contributed by atoms with Gasteiger partial charge >= 0.3 is 0 Å². The Morgan fingerprint density at radius 1 is 1.28 bits per heavy atom. The molecule has 7 nitrogen and oxygen atoms in total. The van der Waals surface area contributed by atoms with Crippen molar-refractivity contribution in [2.45, 2.75) is 23.8 Å². The smallest absolute Gasteiger partial charge is 0.243 e. The Bertz CT molecular complexity index is 749. The van der Waals surface area contributed by atoms with Gasteiger partial charge in [0.15, 0.2) is 0 Å². The molecular weight excluding hydrogens is 412 g/mol. The van der Waals surface area contributed by atoms with Gasteiger partial charge in [-0.3, -0.25) is 4.79 Å². The fraction of sp³-hybridized carbons (Fsp3) is 0.562. The predicted octanol–water partition coefficient (Wildman–Crippen LogP) is 1.47. The molecule has 138 valence electrons. The van der Waals surface area contributed by atoms with Crippen LogP contribution >= 0.6 is 15.9 Å². The third-order valence-corrected chi connectivity index (χ3v) is 7.07. The van der Waals surface area contributed by atoms with Gasteiger partial charge in [-0.25, -0.2) is 8.42 Å². The normalized spacial score (nSPS) is 22.2. The molecule has 9 heteroatoms. The first-order valence-corrected chi connectivity index (χ1v) is 10.4. The Morgan fingerprint density at radius 2 is 2.00 bits per heavy atom. The van der Waals surface area contributed by atoms with Gasteiger partial charge in [-0.2, -0.15) is 4.31 Å². The molecule has 0 N–H and O–H groups in total. The number of benzene rings is 1. The number of halogens is 1. The molecule has 1 aromatic rings. The standard InChI is InChI=1S/C16H21BrN2O5S/c1-23-15-5-4-12(11-13(15)17)25(21,22)19-6-2-3-14(19)16(20)18-7-9-24-10-8-18/h4-5,11,14H,2-3,6-10H2,1H3. The van der Waals surface area contributed by atoms with Gasteiger partial charge in [0.05, 0.1) is 29.7 Å². The van der Waals surface area contributed by atoms with Gasteiger partial charge in [-0.1, -0.05) is 0 Å². The molecule has 1 unspecified atom stereocenters. The Labute approximate surface area is 156 Å². The van der Waals surface area contributed by atoms with Crippen molar-refractivity contribution in [1.29, 1.82) is 0 Å². The molecule has 2 fully saturated rings. The average molecular weight is 433 g/mol. The SMILES string of the molecule is COc1ccc(S(=O)(=O)N2CCCC2C(=O)N2CCOCC2)cc1Br. The summed E-state index contributed by atoms with van der Waals surface area (Å²) in [5, 5.41) is 0. The third-order valence-electron chi connectivity index (χ3n) is 4.54. The van der Waals surface area contributed by atoms with Crippen molar-refractivity contribution in [3.05, 3.63) is 22.7 Å². The largest absolute Gasteiger partial charge is 0.496 e. The summed E-state index contributed by atoms with van der Waals surface area (Å²) < 4.78 is 38.4. The zero-order valence-corrected chi connectivity index (χ0v) is 16.4. The molecule has 0 aliphatic carbocycles. The van der Waals surface area contributed by atoms with E-state index in [0.29, 0.717) is 55.9 Å². The maximum atomic E-state index is 13.1. The van der Waals surface area contributed by atoms with E-state index in [0.717, 1.165) is 0 Å². The van der Waals surface area contributed by atoms with E-state index in [1.807, 2.05) is 0 Å². The van der Waals surface area contributed by atoms with Crippen molar-refractivity contribution in [2.24, 2.45) is 0 Å². The van der Waals surface area contributed by atoms with Crippen LogP contribution in [-0.4, -0.2) is 69.5 Å². The van der Waals surface area contributed by atoms with E-state index < -0.39 is 16.1 Å². The maximum Gasteiger partial charge on any atom is 0.243 e. The molecule has 25 heavy (non-hydrogen) atoms. The Morgan fingerprint density at radius 3 is 2.64 bits per heavy atom. The highest BCUT2D eigenvalue weighted by molar-refractivity contribution is 9.10. The number of amides is 1. The van der Waals surface area contributed by atoms with Crippen LogP contribution in [0.3, 0.4) is 0 Å². The second-order valence-corrected chi connectivity index (χ2v) is 8.75. The van der Waals surface area contributed by atoms with Crippen LogP contribution < -0.4 is 4.74 Å². The number of hydrogen-bond donors (Lipinski definition) is 0. The van der Waals surface area contributed by atoms with Crippen molar-refractivity contribution < 1.29 is 22.7 Å². The molecular formula is C16H21BrN2O5S. The second-order valence-electron chi connectivity index (χ2n) is 6.01. The number of hydrogen-bond acceptors (Lipinski definition) is 5. The molecule has 3 rings (SSSR count). The highest BCUT2D eigenvalue weighted by Gasteiger charge is 2.41. The zero-order valence-electron chi connectivity index (χ0n) is 14.0. The molecule has 0 radical (unpaired) electrons. The fourth-order valence-electron chi connectivity index (χ4n) is 3.21. The second kappa shape index (κ2) is 7.61. The molecule has 0 bridgehead atoms. The lowest BCUT2D eigenvalue weighted by Crippen LogP contribution is -2.50. The van der Waals surface area contributed by atoms with Crippen molar-refractivity contribution in [3.8, 4) is 5.75 Å². The molecule has 2 heterocycles. The number of morpholine rings is 1. The Balaban J connectivity index is 1.85. The molecule has 0 aromatic heterocycles. The summed E-state index contributed by atoms with van der Waals surface area (Å²) in [5.74, 6) is 0.429.